The van der Waals surface area contributed by atoms with Crippen LogP contribution in [0.15, 0.2) is 23.1 Å². The van der Waals surface area contributed by atoms with Crippen LogP contribution in [-0.2, 0) is 19.7 Å². The van der Waals surface area contributed by atoms with E-state index in [0.29, 0.717) is 0 Å². The number of ether oxygens (including phenoxy) is 1. The summed E-state index contributed by atoms with van der Waals surface area (Å²) in [5, 5.41) is 2.33. The first kappa shape index (κ1) is 18.7. The van der Waals surface area contributed by atoms with E-state index < -0.39 is 31.0 Å². The molecule has 1 saturated carbocycles. The van der Waals surface area contributed by atoms with Gasteiger partial charge in [-0.25, -0.2) is 16.8 Å². The number of sulfone groups is 2. The van der Waals surface area contributed by atoms with Crippen molar-refractivity contribution < 1.29 is 21.6 Å². The van der Waals surface area contributed by atoms with E-state index in [9.17, 15) is 16.8 Å². The predicted octanol–water partition coefficient (Wildman–Crippen LogP) is 1.48. The molecule has 2 fully saturated rings. The monoisotopic (exact) mass is 387 g/mol. The minimum atomic E-state index is -3.83. The molecule has 25 heavy (non-hydrogen) atoms. The lowest BCUT2D eigenvalue weighted by atomic mass is 10.2. The SMILES string of the molecule is COc1ccc(C)cc1S(=O)(=O)C1CS(=O)(=O)CC1NC1CCCC1. The molecule has 1 N–H and O–H groups in total. The van der Waals surface area contributed by atoms with Crippen molar-refractivity contribution in [1.29, 1.82) is 0 Å². The van der Waals surface area contributed by atoms with Crippen LogP contribution >= 0.6 is 0 Å². The van der Waals surface area contributed by atoms with Crippen LogP contribution < -0.4 is 10.1 Å². The standard InChI is InChI=1S/C17H25NO5S2/c1-12-7-8-15(23-2)16(9-12)25(21,22)17-11-24(19,20)10-14(17)18-13-5-3-4-6-13/h7-9,13-14,17-18H,3-6,10-11H2,1-2H3. The number of aryl methyl sites for hydroxylation is 1. The third-order valence-corrected chi connectivity index (χ3v) is 9.30. The van der Waals surface area contributed by atoms with E-state index in [4.69, 9.17) is 4.74 Å². The fourth-order valence-corrected chi connectivity index (χ4v) is 8.76. The van der Waals surface area contributed by atoms with Gasteiger partial charge in [0.15, 0.2) is 19.7 Å². The fraction of sp³-hybridized carbons (Fsp3) is 0.647. The molecule has 1 aliphatic carbocycles. The number of nitrogens with one attached hydrogen (secondary N) is 1. The summed E-state index contributed by atoms with van der Waals surface area (Å²) in [7, 11) is -5.80. The fourth-order valence-electron chi connectivity index (χ4n) is 3.84. The molecule has 6 nitrogen and oxygen atoms in total. The van der Waals surface area contributed by atoms with Crippen LogP contribution in [0.5, 0.6) is 5.75 Å². The Labute approximate surface area is 149 Å². The number of hydrogen-bond donors (Lipinski definition) is 1. The van der Waals surface area contributed by atoms with Crippen molar-refractivity contribution in [2.24, 2.45) is 0 Å². The highest BCUT2D eigenvalue weighted by Gasteiger charge is 2.47. The van der Waals surface area contributed by atoms with Gasteiger partial charge in [0.2, 0.25) is 0 Å². The Morgan fingerprint density at radius 1 is 1.16 bits per heavy atom. The molecule has 0 bridgehead atoms. The first-order valence-corrected chi connectivity index (χ1v) is 11.9. The van der Waals surface area contributed by atoms with Crippen molar-refractivity contribution in [1.82, 2.24) is 5.32 Å². The molecule has 0 aromatic heterocycles. The number of hydrogen-bond acceptors (Lipinski definition) is 6. The van der Waals surface area contributed by atoms with Crippen LogP contribution in [0.25, 0.3) is 0 Å². The van der Waals surface area contributed by atoms with Crippen LogP contribution in [0.4, 0.5) is 0 Å². The Kier molecular flexibility index (Phi) is 5.14. The quantitative estimate of drug-likeness (QED) is 0.823. The number of methoxy groups -OCH3 is 1. The topological polar surface area (TPSA) is 89.5 Å². The van der Waals surface area contributed by atoms with E-state index in [1.807, 2.05) is 0 Å². The summed E-state index contributed by atoms with van der Waals surface area (Å²) in [6.45, 7) is 1.80. The van der Waals surface area contributed by atoms with Gasteiger partial charge >= 0.3 is 0 Å². The maximum Gasteiger partial charge on any atom is 0.187 e. The normalized spacial score (nSPS) is 26.8. The van der Waals surface area contributed by atoms with Crippen molar-refractivity contribution in [2.75, 3.05) is 18.6 Å². The van der Waals surface area contributed by atoms with Gasteiger partial charge in [0.1, 0.15) is 10.6 Å². The van der Waals surface area contributed by atoms with Gasteiger partial charge in [0.25, 0.3) is 0 Å². The molecule has 2 aliphatic rings. The van der Waals surface area contributed by atoms with Crippen LogP contribution in [0.2, 0.25) is 0 Å². The van der Waals surface area contributed by atoms with Crippen molar-refractivity contribution >= 4 is 19.7 Å². The molecule has 1 saturated heterocycles. The molecule has 0 spiro atoms. The van der Waals surface area contributed by atoms with Crippen LogP contribution in [-0.4, -0.2) is 52.8 Å². The van der Waals surface area contributed by atoms with Gasteiger partial charge in [0.05, 0.1) is 23.9 Å². The average Bonchev–Trinajstić information content (AvgIpc) is 3.15. The second-order valence-corrected chi connectivity index (χ2v) is 11.4. The van der Waals surface area contributed by atoms with Crippen molar-refractivity contribution in [3.63, 3.8) is 0 Å². The van der Waals surface area contributed by atoms with E-state index in [1.165, 1.54) is 7.11 Å². The molecule has 2 unspecified atom stereocenters. The zero-order chi connectivity index (χ0) is 18.2. The van der Waals surface area contributed by atoms with Crippen molar-refractivity contribution in [2.45, 2.75) is 54.8 Å². The lowest BCUT2D eigenvalue weighted by Crippen LogP contribution is -2.47. The van der Waals surface area contributed by atoms with E-state index >= 15 is 0 Å². The molecule has 0 amide bonds. The summed E-state index contributed by atoms with van der Waals surface area (Å²) >= 11 is 0. The summed E-state index contributed by atoms with van der Waals surface area (Å²) in [5.74, 6) is -0.201. The van der Waals surface area contributed by atoms with Crippen molar-refractivity contribution in [3.05, 3.63) is 23.8 Å². The second kappa shape index (κ2) is 6.89. The molecular formula is C17H25NO5S2. The first-order chi connectivity index (χ1) is 11.7. The Morgan fingerprint density at radius 3 is 2.48 bits per heavy atom. The maximum absolute atomic E-state index is 13.3. The summed E-state index contributed by atoms with van der Waals surface area (Å²) in [5.41, 5.74) is 0.792. The molecule has 1 aliphatic heterocycles. The first-order valence-electron chi connectivity index (χ1n) is 8.58. The number of benzene rings is 1. The highest BCUT2D eigenvalue weighted by atomic mass is 32.2. The summed E-state index contributed by atoms with van der Waals surface area (Å²) in [6, 6.07) is 4.59. The minimum Gasteiger partial charge on any atom is -0.495 e. The zero-order valence-electron chi connectivity index (χ0n) is 14.6. The number of rotatable bonds is 5. The Hall–Kier alpha value is -1.12. The Bertz CT molecular complexity index is 842. The third kappa shape index (κ3) is 3.85. The lowest BCUT2D eigenvalue weighted by Gasteiger charge is -2.24. The van der Waals surface area contributed by atoms with Gasteiger partial charge in [-0.15, -0.1) is 0 Å². The Morgan fingerprint density at radius 2 is 1.84 bits per heavy atom. The largest absolute Gasteiger partial charge is 0.495 e. The van der Waals surface area contributed by atoms with Gasteiger partial charge in [-0.2, -0.15) is 0 Å². The minimum absolute atomic E-state index is 0.0790. The lowest BCUT2D eigenvalue weighted by molar-refractivity contribution is 0.401. The van der Waals surface area contributed by atoms with Gasteiger partial charge in [-0.05, 0) is 37.5 Å². The zero-order valence-corrected chi connectivity index (χ0v) is 16.2. The van der Waals surface area contributed by atoms with Crippen LogP contribution in [0.3, 0.4) is 0 Å². The van der Waals surface area contributed by atoms with Gasteiger partial charge in [-0.1, -0.05) is 18.9 Å². The summed E-state index contributed by atoms with van der Waals surface area (Å²) in [4.78, 5) is 0.0790. The Balaban J connectivity index is 1.97. The van der Waals surface area contributed by atoms with E-state index in [2.05, 4.69) is 5.32 Å². The molecule has 1 heterocycles. The molecule has 2 atom stereocenters. The third-order valence-electron chi connectivity index (χ3n) is 5.13. The maximum atomic E-state index is 13.3. The van der Waals surface area contributed by atoms with Gasteiger partial charge in [0, 0.05) is 12.1 Å². The smallest absolute Gasteiger partial charge is 0.187 e. The molecule has 1 aromatic rings. The summed E-state index contributed by atoms with van der Waals surface area (Å²) < 4.78 is 56.1. The van der Waals surface area contributed by atoms with E-state index in [-0.39, 0.29) is 28.2 Å². The summed E-state index contributed by atoms with van der Waals surface area (Å²) in [6.07, 6.45) is 4.13. The van der Waals surface area contributed by atoms with E-state index in [0.717, 1.165) is 31.2 Å². The average molecular weight is 388 g/mol. The van der Waals surface area contributed by atoms with Crippen LogP contribution in [0, 0.1) is 6.92 Å². The molecule has 3 rings (SSSR count). The molecular weight excluding hydrogens is 362 g/mol. The predicted molar refractivity (Wildman–Crippen MR) is 96.5 cm³/mol. The second-order valence-electron chi connectivity index (χ2n) is 7.07. The highest BCUT2D eigenvalue weighted by molar-refractivity contribution is 7.96. The molecule has 8 heteroatoms. The van der Waals surface area contributed by atoms with Crippen molar-refractivity contribution in [3.8, 4) is 5.75 Å². The van der Waals surface area contributed by atoms with Crippen LogP contribution in [0.1, 0.15) is 31.2 Å². The molecule has 1 aromatic carbocycles. The van der Waals surface area contributed by atoms with E-state index in [1.54, 1.807) is 25.1 Å². The van der Waals surface area contributed by atoms with Gasteiger partial charge < -0.3 is 10.1 Å². The molecule has 0 radical (unpaired) electrons. The van der Waals surface area contributed by atoms with Gasteiger partial charge in [-0.3, -0.25) is 0 Å². The molecule has 140 valence electrons. The highest BCUT2D eigenvalue weighted by Crippen LogP contribution is 2.33.